The van der Waals surface area contributed by atoms with E-state index in [0.29, 0.717) is 0 Å². The Labute approximate surface area is 116 Å². The molecule has 6 heteroatoms. The first-order valence-electron chi connectivity index (χ1n) is 6.12. The average molecular weight is 282 g/mol. The Morgan fingerprint density at radius 3 is 2.74 bits per heavy atom. The van der Waals surface area contributed by atoms with Gasteiger partial charge in [0, 0.05) is 12.2 Å². The number of carboxylic acid groups (broad SMARTS) is 1. The van der Waals surface area contributed by atoms with Crippen molar-refractivity contribution in [3.05, 3.63) is 29.6 Å². The number of rotatable bonds is 7. The summed E-state index contributed by atoms with van der Waals surface area (Å²) < 4.78 is 0. The number of hydrogen-bond donors (Lipinski definition) is 2. The Bertz CT molecular complexity index is 434. The number of amides is 1. The van der Waals surface area contributed by atoms with Crippen LogP contribution in [0.1, 0.15) is 41.1 Å². The van der Waals surface area contributed by atoms with Crippen LogP contribution in [-0.4, -0.2) is 39.5 Å². The van der Waals surface area contributed by atoms with Crippen molar-refractivity contribution in [3.8, 4) is 0 Å². The van der Waals surface area contributed by atoms with Gasteiger partial charge in [-0.05, 0) is 37.0 Å². The molecule has 1 aromatic rings. The minimum atomic E-state index is -1.05. The second-order valence-electron chi connectivity index (χ2n) is 4.10. The van der Waals surface area contributed by atoms with Crippen LogP contribution >= 0.6 is 11.8 Å². The first-order valence-corrected chi connectivity index (χ1v) is 7.28. The van der Waals surface area contributed by atoms with Crippen LogP contribution in [0, 0.1) is 0 Å². The van der Waals surface area contributed by atoms with E-state index < -0.39 is 5.97 Å². The smallest absolute Gasteiger partial charge is 0.337 e. The van der Waals surface area contributed by atoms with Crippen molar-refractivity contribution in [3.63, 3.8) is 0 Å². The number of nitrogens with one attached hydrogen (secondary N) is 1. The molecule has 0 aliphatic heterocycles. The molecular weight excluding hydrogens is 264 g/mol. The Balaban J connectivity index is 2.51. The number of aromatic carboxylic acids is 1. The average Bonchev–Trinajstić information content (AvgIpc) is 2.39. The molecule has 1 heterocycles. The SMILES string of the molecule is CCSCCC(C)NC(=O)c1ccc(C(=O)O)cn1. The maximum Gasteiger partial charge on any atom is 0.337 e. The van der Waals surface area contributed by atoms with Crippen LogP contribution in [0.4, 0.5) is 0 Å². The second-order valence-corrected chi connectivity index (χ2v) is 5.49. The molecule has 0 saturated heterocycles. The highest BCUT2D eigenvalue weighted by Crippen LogP contribution is 2.05. The van der Waals surface area contributed by atoms with Gasteiger partial charge >= 0.3 is 5.97 Å². The fraction of sp³-hybridized carbons (Fsp3) is 0.462. The van der Waals surface area contributed by atoms with Crippen LogP contribution in [0.5, 0.6) is 0 Å². The van der Waals surface area contributed by atoms with Gasteiger partial charge in [0.05, 0.1) is 5.56 Å². The van der Waals surface area contributed by atoms with E-state index in [1.807, 2.05) is 18.7 Å². The molecule has 19 heavy (non-hydrogen) atoms. The second kappa shape index (κ2) is 7.78. The van der Waals surface area contributed by atoms with Gasteiger partial charge in [0.1, 0.15) is 5.69 Å². The lowest BCUT2D eigenvalue weighted by molar-refractivity contribution is 0.0695. The fourth-order valence-corrected chi connectivity index (χ4v) is 2.24. The lowest BCUT2D eigenvalue weighted by Crippen LogP contribution is -2.33. The maximum absolute atomic E-state index is 11.8. The van der Waals surface area contributed by atoms with Crippen LogP contribution < -0.4 is 5.32 Å². The number of carbonyl (C=O) groups is 2. The van der Waals surface area contributed by atoms with Crippen molar-refractivity contribution >= 4 is 23.6 Å². The number of pyridine rings is 1. The third-order valence-corrected chi connectivity index (χ3v) is 3.45. The summed E-state index contributed by atoms with van der Waals surface area (Å²) in [6.07, 6.45) is 2.09. The summed E-state index contributed by atoms with van der Waals surface area (Å²) in [5.41, 5.74) is 0.309. The van der Waals surface area contributed by atoms with Gasteiger partial charge in [-0.3, -0.25) is 9.78 Å². The summed E-state index contributed by atoms with van der Waals surface area (Å²) in [4.78, 5) is 26.4. The fourth-order valence-electron chi connectivity index (χ4n) is 1.43. The summed E-state index contributed by atoms with van der Waals surface area (Å²) in [6.45, 7) is 4.04. The van der Waals surface area contributed by atoms with E-state index in [0.717, 1.165) is 17.9 Å². The largest absolute Gasteiger partial charge is 0.478 e. The minimum absolute atomic E-state index is 0.0731. The summed E-state index contributed by atoms with van der Waals surface area (Å²) in [7, 11) is 0. The topological polar surface area (TPSA) is 79.3 Å². The Morgan fingerprint density at radius 1 is 1.47 bits per heavy atom. The van der Waals surface area contributed by atoms with Crippen LogP contribution in [-0.2, 0) is 0 Å². The van der Waals surface area contributed by atoms with Gasteiger partial charge in [-0.25, -0.2) is 4.79 Å². The Hall–Kier alpha value is -1.56. The maximum atomic E-state index is 11.8. The number of nitrogens with zero attached hydrogens (tertiary/aromatic N) is 1. The predicted octanol–water partition coefficient (Wildman–Crippen LogP) is 2.04. The zero-order valence-corrected chi connectivity index (χ0v) is 11.9. The zero-order valence-electron chi connectivity index (χ0n) is 11.0. The zero-order chi connectivity index (χ0) is 14.3. The van der Waals surface area contributed by atoms with Crippen LogP contribution in [0.15, 0.2) is 18.3 Å². The molecule has 5 nitrogen and oxygen atoms in total. The highest BCUT2D eigenvalue weighted by molar-refractivity contribution is 7.99. The molecule has 1 aromatic heterocycles. The molecular formula is C13H18N2O3S. The van der Waals surface area contributed by atoms with E-state index in [-0.39, 0.29) is 23.2 Å². The number of carbonyl (C=O) groups excluding carboxylic acids is 1. The molecule has 2 N–H and O–H groups in total. The van der Waals surface area contributed by atoms with Crippen molar-refractivity contribution in [1.29, 1.82) is 0 Å². The predicted molar refractivity (Wildman–Crippen MR) is 75.7 cm³/mol. The van der Waals surface area contributed by atoms with Crippen molar-refractivity contribution in [1.82, 2.24) is 10.3 Å². The van der Waals surface area contributed by atoms with Gasteiger partial charge < -0.3 is 10.4 Å². The van der Waals surface area contributed by atoms with Gasteiger partial charge in [0.25, 0.3) is 5.91 Å². The molecule has 1 unspecified atom stereocenters. The molecule has 0 aliphatic rings. The summed E-state index contributed by atoms with van der Waals surface area (Å²) in [6, 6.07) is 2.88. The van der Waals surface area contributed by atoms with Crippen LogP contribution in [0.2, 0.25) is 0 Å². The molecule has 0 bridgehead atoms. The molecule has 1 rings (SSSR count). The lowest BCUT2D eigenvalue weighted by Gasteiger charge is -2.13. The van der Waals surface area contributed by atoms with Crippen molar-refractivity contribution in [2.24, 2.45) is 0 Å². The molecule has 104 valence electrons. The number of aromatic nitrogens is 1. The van der Waals surface area contributed by atoms with Gasteiger partial charge in [0.15, 0.2) is 0 Å². The van der Waals surface area contributed by atoms with Crippen molar-refractivity contribution in [2.75, 3.05) is 11.5 Å². The number of hydrogen-bond acceptors (Lipinski definition) is 4. The van der Waals surface area contributed by atoms with Gasteiger partial charge in [0.2, 0.25) is 0 Å². The molecule has 0 radical (unpaired) electrons. The van der Waals surface area contributed by atoms with Crippen LogP contribution in [0.25, 0.3) is 0 Å². The Kier molecular flexibility index (Phi) is 6.35. The molecule has 0 spiro atoms. The third-order valence-electron chi connectivity index (χ3n) is 2.52. The van der Waals surface area contributed by atoms with Crippen molar-refractivity contribution < 1.29 is 14.7 Å². The molecule has 0 aliphatic carbocycles. The summed E-state index contributed by atoms with van der Waals surface area (Å²) >= 11 is 1.83. The van der Waals surface area contributed by atoms with E-state index in [4.69, 9.17) is 5.11 Å². The first-order chi connectivity index (χ1) is 9.04. The molecule has 0 fully saturated rings. The van der Waals surface area contributed by atoms with E-state index in [1.165, 1.54) is 18.3 Å². The van der Waals surface area contributed by atoms with Crippen LogP contribution in [0.3, 0.4) is 0 Å². The van der Waals surface area contributed by atoms with E-state index in [9.17, 15) is 9.59 Å². The Morgan fingerprint density at radius 2 is 2.21 bits per heavy atom. The van der Waals surface area contributed by atoms with Gasteiger partial charge in [-0.15, -0.1) is 0 Å². The number of thioether (sulfide) groups is 1. The monoisotopic (exact) mass is 282 g/mol. The van der Waals surface area contributed by atoms with Crippen molar-refractivity contribution in [2.45, 2.75) is 26.3 Å². The normalized spacial score (nSPS) is 11.9. The molecule has 1 amide bonds. The van der Waals surface area contributed by atoms with Gasteiger partial charge in [-0.1, -0.05) is 6.92 Å². The van der Waals surface area contributed by atoms with Gasteiger partial charge in [-0.2, -0.15) is 11.8 Å². The highest BCUT2D eigenvalue weighted by atomic mass is 32.2. The lowest BCUT2D eigenvalue weighted by atomic mass is 10.2. The quantitative estimate of drug-likeness (QED) is 0.748. The summed E-state index contributed by atoms with van der Waals surface area (Å²) in [5.74, 6) is 0.748. The standard InChI is InChI=1S/C13H18N2O3S/c1-3-19-7-6-9(2)15-12(16)11-5-4-10(8-14-11)13(17)18/h4-5,8-9H,3,6-7H2,1-2H3,(H,15,16)(H,17,18). The first kappa shape index (κ1) is 15.5. The van der Waals surface area contributed by atoms with E-state index in [2.05, 4.69) is 17.2 Å². The van der Waals surface area contributed by atoms with E-state index in [1.54, 1.807) is 0 Å². The highest BCUT2D eigenvalue weighted by Gasteiger charge is 2.12. The summed E-state index contributed by atoms with van der Waals surface area (Å²) in [5, 5.41) is 11.6. The third kappa shape index (κ3) is 5.30. The number of carboxylic acids is 1. The molecule has 1 atom stereocenters. The minimum Gasteiger partial charge on any atom is -0.478 e. The molecule has 0 aromatic carbocycles. The molecule has 0 saturated carbocycles. The van der Waals surface area contributed by atoms with E-state index >= 15 is 0 Å².